The number of nitrogens with zero attached hydrogens (tertiary/aromatic N) is 1. The van der Waals surface area contributed by atoms with Gasteiger partial charge in [-0.2, -0.15) is 0 Å². The number of nitrogens with one attached hydrogen (secondary N) is 2. The minimum Gasteiger partial charge on any atom is -0.434 e. The molecule has 0 aliphatic rings. The lowest BCUT2D eigenvalue weighted by Crippen LogP contribution is -2.14. The Bertz CT molecular complexity index is 1450. The molecule has 9 heteroatoms. The number of sulfonamides is 1. The number of aromatic amines is 1. The van der Waals surface area contributed by atoms with Gasteiger partial charge in [0.2, 0.25) is 5.88 Å². The first-order chi connectivity index (χ1) is 16.6. The number of hydrogen-bond donors (Lipinski definition) is 2. The SMILES string of the molecule is CCOC(=O)Oc1[nH]c2ccc(NS(=O)(=O)c3ccc(C(C)(C)C)cc3)cc2c1-c1ccncc1. The number of rotatable bonds is 6. The topological polar surface area (TPSA) is 110 Å². The monoisotopic (exact) mass is 493 g/mol. The molecule has 0 bridgehead atoms. The van der Waals surface area contributed by atoms with Crippen molar-refractivity contribution in [3.8, 4) is 17.0 Å². The van der Waals surface area contributed by atoms with Crippen LogP contribution in [0.2, 0.25) is 0 Å². The fraction of sp³-hybridized carbons (Fsp3) is 0.231. The number of ether oxygens (including phenoxy) is 2. The van der Waals surface area contributed by atoms with E-state index in [-0.39, 0.29) is 22.8 Å². The van der Waals surface area contributed by atoms with E-state index < -0.39 is 16.2 Å². The third-order valence-corrected chi connectivity index (χ3v) is 6.86. The van der Waals surface area contributed by atoms with Crippen molar-refractivity contribution in [1.82, 2.24) is 9.97 Å². The number of benzene rings is 2. The van der Waals surface area contributed by atoms with Crippen molar-refractivity contribution in [3.05, 3.63) is 72.6 Å². The van der Waals surface area contributed by atoms with Crippen LogP contribution in [0.15, 0.2) is 71.9 Å². The van der Waals surface area contributed by atoms with Crippen molar-refractivity contribution < 1.29 is 22.7 Å². The van der Waals surface area contributed by atoms with Crippen molar-refractivity contribution in [1.29, 1.82) is 0 Å². The van der Waals surface area contributed by atoms with E-state index in [2.05, 4.69) is 35.5 Å². The highest BCUT2D eigenvalue weighted by atomic mass is 32.2. The normalized spacial score (nSPS) is 11.9. The third kappa shape index (κ3) is 5.30. The second-order valence-corrected chi connectivity index (χ2v) is 10.7. The predicted octanol–water partition coefficient (Wildman–Crippen LogP) is 5.86. The highest BCUT2D eigenvalue weighted by molar-refractivity contribution is 7.92. The van der Waals surface area contributed by atoms with Crippen LogP contribution in [0.5, 0.6) is 5.88 Å². The smallest absolute Gasteiger partial charge is 0.434 e. The molecule has 0 spiro atoms. The quantitative estimate of drug-likeness (QED) is 0.325. The minimum atomic E-state index is -3.82. The third-order valence-electron chi connectivity index (χ3n) is 5.46. The van der Waals surface area contributed by atoms with Crippen molar-refractivity contribution in [2.24, 2.45) is 0 Å². The fourth-order valence-corrected chi connectivity index (χ4v) is 4.74. The van der Waals surface area contributed by atoms with Crippen LogP contribution in [0.1, 0.15) is 33.3 Å². The zero-order valence-electron chi connectivity index (χ0n) is 20.0. The van der Waals surface area contributed by atoms with Gasteiger partial charge in [-0.25, -0.2) is 13.2 Å². The number of carbonyl (C=O) groups is 1. The Hall–Kier alpha value is -3.85. The summed E-state index contributed by atoms with van der Waals surface area (Å²) in [5.74, 6) is 0.197. The van der Waals surface area contributed by atoms with Crippen LogP contribution in [0.4, 0.5) is 10.5 Å². The van der Waals surface area contributed by atoms with E-state index in [1.54, 1.807) is 61.8 Å². The average molecular weight is 494 g/mol. The van der Waals surface area contributed by atoms with Crippen LogP contribution in [-0.2, 0) is 20.2 Å². The van der Waals surface area contributed by atoms with Crippen molar-refractivity contribution >= 4 is 32.8 Å². The first-order valence-corrected chi connectivity index (χ1v) is 12.6. The van der Waals surface area contributed by atoms with Crippen molar-refractivity contribution in [2.45, 2.75) is 38.0 Å². The van der Waals surface area contributed by atoms with Gasteiger partial charge in [0.15, 0.2) is 0 Å². The highest BCUT2D eigenvalue weighted by Gasteiger charge is 2.21. The van der Waals surface area contributed by atoms with E-state index in [0.29, 0.717) is 22.2 Å². The lowest BCUT2D eigenvalue weighted by molar-refractivity contribution is 0.103. The number of hydrogen-bond acceptors (Lipinski definition) is 6. The van der Waals surface area contributed by atoms with Gasteiger partial charge in [-0.05, 0) is 65.9 Å². The molecule has 0 unspecified atom stereocenters. The Balaban J connectivity index is 1.72. The summed E-state index contributed by atoms with van der Waals surface area (Å²) in [6, 6.07) is 15.5. The molecular formula is C26H27N3O5S. The van der Waals surface area contributed by atoms with Gasteiger partial charge in [-0.3, -0.25) is 9.71 Å². The zero-order chi connectivity index (χ0) is 25.2. The summed E-state index contributed by atoms with van der Waals surface area (Å²) in [7, 11) is -3.82. The Morgan fingerprint density at radius 3 is 2.34 bits per heavy atom. The van der Waals surface area contributed by atoms with E-state index in [9.17, 15) is 13.2 Å². The van der Waals surface area contributed by atoms with E-state index in [1.165, 1.54) is 0 Å². The molecule has 2 aromatic heterocycles. The number of H-pyrrole nitrogens is 1. The number of anilines is 1. The lowest BCUT2D eigenvalue weighted by atomic mass is 9.87. The van der Waals surface area contributed by atoms with Gasteiger partial charge in [-0.1, -0.05) is 32.9 Å². The van der Waals surface area contributed by atoms with Crippen molar-refractivity contribution in [3.63, 3.8) is 0 Å². The highest BCUT2D eigenvalue weighted by Crippen LogP contribution is 2.39. The Morgan fingerprint density at radius 2 is 1.71 bits per heavy atom. The summed E-state index contributed by atoms with van der Waals surface area (Å²) in [6.45, 7) is 8.07. The number of fused-ring (bicyclic) bond motifs is 1. The molecule has 0 aliphatic heterocycles. The van der Waals surface area contributed by atoms with Crippen molar-refractivity contribution in [2.75, 3.05) is 11.3 Å². The molecule has 0 fully saturated rings. The zero-order valence-corrected chi connectivity index (χ0v) is 20.8. The van der Waals surface area contributed by atoms with Crippen LogP contribution in [0.25, 0.3) is 22.0 Å². The molecule has 2 aromatic carbocycles. The van der Waals surface area contributed by atoms with Crippen LogP contribution in [0.3, 0.4) is 0 Å². The van der Waals surface area contributed by atoms with Crippen LogP contribution in [-0.4, -0.2) is 31.1 Å². The second kappa shape index (κ2) is 9.42. The van der Waals surface area contributed by atoms with E-state index >= 15 is 0 Å². The summed E-state index contributed by atoms with van der Waals surface area (Å²) >= 11 is 0. The second-order valence-electron chi connectivity index (χ2n) is 8.99. The maximum atomic E-state index is 13.1. The Kier molecular flexibility index (Phi) is 6.53. The molecule has 0 atom stereocenters. The molecule has 4 aromatic rings. The largest absolute Gasteiger partial charge is 0.515 e. The fourth-order valence-electron chi connectivity index (χ4n) is 3.69. The van der Waals surface area contributed by atoms with Gasteiger partial charge in [0.05, 0.1) is 17.1 Å². The van der Waals surface area contributed by atoms with Gasteiger partial charge < -0.3 is 14.5 Å². The molecule has 182 valence electrons. The lowest BCUT2D eigenvalue weighted by Gasteiger charge is -2.19. The van der Waals surface area contributed by atoms with Gasteiger partial charge in [0.25, 0.3) is 10.0 Å². The molecule has 2 N–H and O–H groups in total. The first-order valence-electron chi connectivity index (χ1n) is 11.1. The summed E-state index contributed by atoms with van der Waals surface area (Å²) < 4.78 is 39.1. The van der Waals surface area contributed by atoms with Gasteiger partial charge in [0, 0.05) is 29.0 Å². The first kappa shape index (κ1) is 24.3. The Labute approximate surface area is 204 Å². The molecular weight excluding hydrogens is 466 g/mol. The Morgan fingerprint density at radius 1 is 1.03 bits per heavy atom. The molecule has 0 saturated heterocycles. The maximum absolute atomic E-state index is 13.1. The standard InChI is InChI=1S/C26H27N3O5S/c1-5-33-25(30)34-24-23(17-12-14-27-15-13-17)21-16-19(8-11-22(21)28-24)29-35(31,32)20-9-6-18(7-10-20)26(2,3)4/h6-16,28-29H,5H2,1-4H3. The van der Waals surface area contributed by atoms with Crippen LogP contribution in [0, 0.1) is 0 Å². The molecule has 2 heterocycles. The molecule has 0 aliphatic carbocycles. The van der Waals surface area contributed by atoms with E-state index in [4.69, 9.17) is 9.47 Å². The van der Waals surface area contributed by atoms with Gasteiger partial charge >= 0.3 is 6.16 Å². The summed E-state index contributed by atoms with van der Waals surface area (Å²) in [5, 5.41) is 0.666. The van der Waals surface area contributed by atoms with Gasteiger partial charge in [-0.15, -0.1) is 0 Å². The van der Waals surface area contributed by atoms with Crippen LogP contribution >= 0.6 is 0 Å². The molecule has 0 radical (unpaired) electrons. The molecule has 4 rings (SSSR count). The molecule has 35 heavy (non-hydrogen) atoms. The summed E-state index contributed by atoms with van der Waals surface area (Å²) in [5.41, 5.74) is 3.32. The number of pyridine rings is 1. The minimum absolute atomic E-state index is 0.0816. The predicted molar refractivity (Wildman–Crippen MR) is 135 cm³/mol. The number of aromatic nitrogens is 2. The summed E-state index contributed by atoms with van der Waals surface area (Å²) in [6.07, 6.45) is 2.40. The number of carbonyl (C=O) groups excluding carboxylic acids is 1. The maximum Gasteiger partial charge on any atom is 0.515 e. The molecule has 0 saturated carbocycles. The van der Waals surface area contributed by atoms with E-state index in [1.807, 2.05) is 12.1 Å². The molecule has 0 amide bonds. The van der Waals surface area contributed by atoms with Crippen LogP contribution < -0.4 is 9.46 Å². The van der Waals surface area contributed by atoms with Gasteiger partial charge in [0.1, 0.15) is 0 Å². The molecule has 8 nitrogen and oxygen atoms in total. The summed E-state index contributed by atoms with van der Waals surface area (Å²) in [4.78, 5) is 19.3. The average Bonchev–Trinajstić information content (AvgIpc) is 3.16. The van der Waals surface area contributed by atoms with E-state index in [0.717, 1.165) is 11.1 Å².